The summed E-state index contributed by atoms with van der Waals surface area (Å²) in [6.45, 7) is 10.2. The standard InChI is InChI=1S/C17H23N3O/c1-5-18-16-10-15(19-17(20-16)11-21-6-2)14-9-7-8-12(3)13(14)4/h7-10H,5-6,11H2,1-4H3,(H,18,19,20). The summed E-state index contributed by atoms with van der Waals surface area (Å²) in [4.78, 5) is 9.14. The molecular weight excluding hydrogens is 262 g/mol. The summed E-state index contributed by atoms with van der Waals surface area (Å²) in [6.07, 6.45) is 0. The summed E-state index contributed by atoms with van der Waals surface area (Å²) < 4.78 is 5.44. The van der Waals surface area contributed by atoms with Crippen LogP contribution < -0.4 is 5.32 Å². The largest absolute Gasteiger partial charge is 0.374 e. The van der Waals surface area contributed by atoms with Gasteiger partial charge in [-0.25, -0.2) is 9.97 Å². The lowest BCUT2D eigenvalue weighted by Crippen LogP contribution is -2.06. The Balaban J connectivity index is 2.45. The van der Waals surface area contributed by atoms with Crippen LogP contribution in [0.5, 0.6) is 0 Å². The van der Waals surface area contributed by atoms with E-state index in [4.69, 9.17) is 4.74 Å². The van der Waals surface area contributed by atoms with Gasteiger partial charge in [0.05, 0.1) is 5.69 Å². The number of nitrogens with zero attached hydrogens (tertiary/aromatic N) is 2. The fourth-order valence-electron chi connectivity index (χ4n) is 2.19. The Morgan fingerprint density at radius 1 is 1.14 bits per heavy atom. The van der Waals surface area contributed by atoms with Crippen molar-refractivity contribution >= 4 is 5.82 Å². The van der Waals surface area contributed by atoms with E-state index in [0.717, 1.165) is 23.6 Å². The van der Waals surface area contributed by atoms with E-state index < -0.39 is 0 Å². The molecule has 0 aliphatic carbocycles. The van der Waals surface area contributed by atoms with Crippen molar-refractivity contribution in [1.29, 1.82) is 0 Å². The second kappa shape index (κ2) is 7.18. The van der Waals surface area contributed by atoms with Crippen molar-refractivity contribution in [3.8, 4) is 11.3 Å². The predicted molar refractivity (Wildman–Crippen MR) is 86.4 cm³/mol. The predicted octanol–water partition coefficient (Wildman–Crippen LogP) is 3.73. The molecule has 0 atom stereocenters. The molecule has 4 nitrogen and oxygen atoms in total. The topological polar surface area (TPSA) is 47.0 Å². The third kappa shape index (κ3) is 3.79. The van der Waals surface area contributed by atoms with Gasteiger partial charge in [0.1, 0.15) is 12.4 Å². The van der Waals surface area contributed by atoms with Gasteiger partial charge in [-0.2, -0.15) is 0 Å². The Morgan fingerprint density at radius 2 is 1.95 bits per heavy atom. The Kier molecular flexibility index (Phi) is 5.28. The molecular formula is C17H23N3O. The number of hydrogen-bond donors (Lipinski definition) is 1. The molecule has 0 spiro atoms. The van der Waals surface area contributed by atoms with Crippen molar-refractivity contribution in [3.05, 3.63) is 41.2 Å². The monoisotopic (exact) mass is 285 g/mol. The molecule has 112 valence electrons. The maximum atomic E-state index is 5.44. The zero-order chi connectivity index (χ0) is 15.2. The highest BCUT2D eigenvalue weighted by Gasteiger charge is 2.09. The first kappa shape index (κ1) is 15.4. The Bertz CT molecular complexity index is 611. The van der Waals surface area contributed by atoms with Gasteiger partial charge in [0.2, 0.25) is 0 Å². The molecule has 21 heavy (non-hydrogen) atoms. The van der Waals surface area contributed by atoms with Crippen LogP contribution in [0, 0.1) is 13.8 Å². The van der Waals surface area contributed by atoms with E-state index in [0.29, 0.717) is 19.0 Å². The summed E-state index contributed by atoms with van der Waals surface area (Å²) in [5.74, 6) is 1.56. The summed E-state index contributed by atoms with van der Waals surface area (Å²) in [5.41, 5.74) is 4.61. The third-order valence-electron chi connectivity index (χ3n) is 3.45. The normalized spacial score (nSPS) is 10.7. The van der Waals surface area contributed by atoms with E-state index in [-0.39, 0.29) is 0 Å². The number of anilines is 1. The zero-order valence-electron chi connectivity index (χ0n) is 13.2. The molecule has 0 amide bonds. The Hall–Kier alpha value is -1.94. The molecule has 2 aromatic rings. The quantitative estimate of drug-likeness (QED) is 0.878. The number of ether oxygens (including phenoxy) is 1. The smallest absolute Gasteiger partial charge is 0.157 e. The van der Waals surface area contributed by atoms with Crippen LogP contribution in [0.15, 0.2) is 24.3 Å². The van der Waals surface area contributed by atoms with Gasteiger partial charge in [0, 0.05) is 24.8 Å². The Labute approximate surface area is 126 Å². The molecule has 1 aromatic heterocycles. The highest BCUT2D eigenvalue weighted by Crippen LogP contribution is 2.25. The molecule has 0 bridgehead atoms. The van der Waals surface area contributed by atoms with Crippen molar-refractivity contribution < 1.29 is 4.74 Å². The van der Waals surface area contributed by atoms with E-state index in [1.807, 2.05) is 13.0 Å². The van der Waals surface area contributed by atoms with Crippen LogP contribution in [0.1, 0.15) is 30.8 Å². The fourth-order valence-corrected chi connectivity index (χ4v) is 2.19. The summed E-state index contributed by atoms with van der Waals surface area (Å²) in [5, 5.41) is 3.26. The highest BCUT2D eigenvalue weighted by molar-refractivity contribution is 5.67. The van der Waals surface area contributed by atoms with Gasteiger partial charge in [-0.3, -0.25) is 0 Å². The van der Waals surface area contributed by atoms with Gasteiger partial charge in [-0.15, -0.1) is 0 Å². The minimum Gasteiger partial charge on any atom is -0.374 e. The lowest BCUT2D eigenvalue weighted by atomic mass is 10.0. The molecule has 0 radical (unpaired) electrons. The van der Waals surface area contributed by atoms with Crippen LogP contribution in [0.2, 0.25) is 0 Å². The van der Waals surface area contributed by atoms with Gasteiger partial charge in [-0.05, 0) is 38.8 Å². The van der Waals surface area contributed by atoms with Gasteiger partial charge in [0.15, 0.2) is 5.82 Å². The second-order valence-electron chi connectivity index (χ2n) is 4.97. The number of benzene rings is 1. The number of rotatable bonds is 6. The van der Waals surface area contributed by atoms with Crippen LogP contribution in [0.3, 0.4) is 0 Å². The number of aromatic nitrogens is 2. The van der Waals surface area contributed by atoms with Crippen molar-refractivity contribution in [1.82, 2.24) is 9.97 Å². The third-order valence-corrected chi connectivity index (χ3v) is 3.45. The zero-order valence-corrected chi connectivity index (χ0v) is 13.2. The lowest BCUT2D eigenvalue weighted by Gasteiger charge is -2.12. The van der Waals surface area contributed by atoms with Crippen LogP contribution in [-0.4, -0.2) is 23.1 Å². The first-order chi connectivity index (χ1) is 10.2. The molecule has 0 unspecified atom stereocenters. The summed E-state index contributed by atoms with van der Waals surface area (Å²) in [6, 6.07) is 8.28. The van der Waals surface area contributed by atoms with Gasteiger partial charge in [-0.1, -0.05) is 18.2 Å². The molecule has 1 aromatic carbocycles. The van der Waals surface area contributed by atoms with Crippen LogP contribution in [0.25, 0.3) is 11.3 Å². The van der Waals surface area contributed by atoms with Crippen molar-refractivity contribution in [3.63, 3.8) is 0 Å². The van der Waals surface area contributed by atoms with E-state index in [1.54, 1.807) is 0 Å². The molecule has 1 heterocycles. The molecule has 1 N–H and O–H groups in total. The van der Waals surface area contributed by atoms with Crippen LogP contribution in [-0.2, 0) is 11.3 Å². The first-order valence-electron chi connectivity index (χ1n) is 7.41. The van der Waals surface area contributed by atoms with Crippen molar-refractivity contribution in [2.24, 2.45) is 0 Å². The van der Waals surface area contributed by atoms with E-state index >= 15 is 0 Å². The van der Waals surface area contributed by atoms with Crippen molar-refractivity contribution in [2.75, 3.05) is 18.5 Å². The van der Waals surface area contributed by atoms with E-state index in [1.165, 1.54) is 11.1 Å². The van der Waals surface area contributed by atoms with Crippen LogP contribution in [0.4, 0.5) is 5.82 Å². The first-order valence-corrected chi connectivity index (χ1v) is 7.41. The maximum absolute atomic E-state index is 5.44. The summed E-state index contributed by atoms with van der Waals surface area (Å²) >= 11 is 0. The van der Waals surface area contributed by atoms with Gasteiger partial charge < -0.3 is 10.1 Å². The van der Waals surface area contributed by atoms with E-state index in [9.17, 15) is 0 Å². The van der Waals surface area contributed by atoms with Gasteiger partial charge in [0.25, 0.3) is 0 Å². The molecule has 0 fully saturated rings. The summed E-state index contributed by atoms with van der Waals surface area (Å²) in [7, 11) is 0. The molecule has 0 saturated heterocycles. The number of hydrogen-bond acceptors (Lipinski definition) is 4. The molecule has 0 aliphatic rings. The minimum absolute atomic E-state index is 0.438. The number of aryl methyl sites for hydroxylation is 1. The lowest BCUT2D eigenvalue weighted by molar-refractivity contribution is 0.128. The van der Waals surface area contributed by atoms with Crippen molar-refractivity contribution in [2.45, 2.75) is 34.3 Å². The molecule has 2 rings (SSSR count). The molecule has 0 saturated carbocycles. The SMILES string of the molecule is CCNc1cc(-c2cccc(C)c2C)nc(COCC)n1. The number of nitrogens with one attached hydrogen (secondary N) is 1. The fraction of sp³-hybridized carbons (Fsp3) is 0.412. The average Bonchev–Trinajstić information content (AvgIpc) is 2.48. The Morgan fingerprint density at radius 3 is 2.67 bits per heavy atom. The second-order valence-corrected chi connectivity index (χ2v) is 4.97. The van der Waals surface area contributed by atoms with Gasteiger partial charge >= 0.3 is 0 Å². The van der Waals surface area contributed by atoms with Crippen LogP contribution >= 0.6 is 0 Å². The average molecular weight is 285 g/mol. The van der Waals surface area contributed by atoms with E-state index in [2.05, 4.69) is 54.3 Å². The molecule has 4 heteroatoms. The highest BCUT2D eigenvalue weighted by atomic mass is 16.5. The maximum Gasteiger partial charge on any atom is 0.157 e. The molecule has 0 aliphatic heterocycles. The minimum atomic E-state index is 0.438.